The van der Waals surface area contributed by atoms with Crippen LogP contribution in [0.4, 0.5) is 0 Å². The molecule has 0 unspecified atom stereocenters. The maximum absolute atomic E-state index is 13.0. The molecule has 0 spiro atoms. The Labute approximate surface area is 155 Å². The highest BCUT2D eigenvalue weighted by molar-refractivity contribution is 5.93. The first-order valence-electron chi connectivity index (χ1n) is 9.41. The number of nitrogens with zero attached hydrogens (tertiary/aromatic N) is 3. The molecular weight excluding hydrogens is 326 g/mol. The van der Waals surface area contributed by atoms with Gasteiger partial charge in [-0.05, 0) is 48.6 Å². The van der Waals surface area contributed by atoms with E-state index in [1.807, 2.05) is 42.1 Å². The summed E-state index contributed by atoms with van der Waals surface area (Å²) in [6.07, 6.45) is 4.28. The Morgan fingerprint density at radius 2 is 1.92 bits per heavy atom. The van der Waals surface area contributed by atoms with Crippen molar-refractivity contribution in [3.05, 3.63) is 53.9 Å². The van der Waals surface area contributed by atoms with Crippen LogP contribution < -0.4 is 4.74 Å². The number of benzene rings is 1. The van der Waals surface area contributed by atoms with Crippen molar-refractivity contribution in [1.29, 1.82) is 0 Å². The molecule has 5 heteroatoms. The lowest BCUT2D eigenvalue weighted by Crippen LogP contribution is -2.47. The van der Waals surface area contributed by atoms with Crippen LogP contribution >= 0.6 is 0 Å². The zero-order chi connectivity index (χ0) is 18.1. The third-order valence-corrected chi connectivity index (χ3v) is 5.78. The Bertz CT molecular complexity index is 768. The number of amides is 1. The molecule has 5 rings (SSSR count). The molecule has 2 aromatic rings. The molecule has 2 atom stereocenters. The van der Waals surface area contributed by atoms with Gasteiger partial charge in [-0.1, -0.05) is 12.1 Å². The number of hydrogen-bond acceptors (Lipinski definition) is 3. The number of carbonyl (C=O) groups is 1. The fraction of sp³-hybridized carbons (Fsp3) is 0.476. The number of rotatable bonds is 4. The van der Waals surface area contributed by atoms with Crippen molar-refractivity contribution in [2.75, 3.05) is 26.7 Å². The minimum absolute atomic E-state index is 0.179. The van der Waals surface area contributed by atoms with Crippen LogP contribution in [-0.4, -0.2) is 53.1 Å². The quantitative estimate of drug-likeness (QED) is 0.848. The fourth-order valence-corrected chi connectivity index (χ4v) is 4.38. The second-order valence-corrected chi connectivity index (χ2v) is 7.60. The summed E-state index contributed by atoms with van der Waals surface area (Å²) < 4.78 is 7.18. The van der Waals surface area contributed by atoms with E-state index in [1.165, 1.54) is 12.0 Å². The van der Waals surface area contributed by atoms with Crippen molar-refractivity contribution in [2.45, 2.75) is 25.4 Å². The van der Waals surface area contributed by atoms with Gasteiger partial charge in [0.15, 0.2) is 0 Å². The standard InChI is InChI=1S/C21H27N3O2/c1-22-11-3-4-20(22)21(25)24-14-17-5-8-18(24)15-23(13-17)12-16-6-9-19(26-2)10-7-16/h3-4,6-7,9-11,17-18H,5,8,12-15H2,1-2H3/t17-,18+/m0/s1. The monoisotopic (exact) mass is 353 g/mol. The average Bonchev–Trinajstić information content (AvgIpc) is 2.89. The molecule has 0 radical (unpaired) electrons. The number of ether oxygens (including phenoxy) is 1. The number of aryl methyl sites for hydroxylation is 1. The largest absolute Gasteiger partial charge is 0.497 e. The summed E-state index contributed by atoms with van der Waals surface area (Å²) in [4.78, 5) is 17.7. The first-order chi connectivity index (χ1) is 12.6. The summed E-state index contributed by atoms with van der Waals surface area (Å²) in [5.74, 6) is 1.64. The normalized spacial score (nSPS) is 23.1. The molecule has 0 aliphatic carbocycles. The topological polar surface area (TPSA) is 37.7 Å². The van der Waals surface area contributed by atoms with Gasteiger partial charge in [0.2, 0.25) is 0 Å². The Balaban J connectivity index is 1.47. The fourth-order valence-electron chi connectivity index (χ4n) is 4.38. The summed E-state index contributed by atoms with van der Waals surface area (Å²) in [6.45, 7) is 3.84. The number of aromatic nitrogens is 1. The molecule has 3 aliphatic heterocycles. The number of methoxy groups -OCH3 is 1. The van der Waals surface area contributed by atoms with Crippen LogP contribution in [0.1, 0.15) is 28.9 Å². The molecule has 5 nitrogen and oxygen atoms in total. The van der Waals surface area contributed by atoms with Crippen molar-refractivity contribution < 1.29 is 9.53 Å². The molecular formula is C21H27N3O2. The molecule has 1 aromatic carbocycles. The molecule has 3 fully saturated rings. The van der Waals surface area contributed by atoms with E-state index in [-0.39, 0.29) is 5.91 Å². The summed E-state index contributed by atoms with van der Waals surface area (Å²) >= 11 is 0. The Hall–Kier alpha value is -2.27. The third-order valence-electron chi connectivity index (χ3n) is 5.78. The molecule has 138 valence electrons. The van der Waals surface area contributed by atoms with Crippen LogP contribution in [0.2, 0.25) is 0 Å². The molecule has 1 amide bonds. The van der Waals surface area contributed by atoms with Gasteiger partial charge in [0, 0.05) is 45.5 Å². The predicted molar refractivity (Wildman–Crippen MR) is 101 cm³/mol. The van der Waals surface area contributed by atoms with Crippen LogP contribution in [0.5, 0.6) is 5.75 Å². The van der Waals surface area contributed by atoms with Gasteiger partial charge in [-0.3, -0.25) is 9.69 Å². The molecule has 2 bridgehead atoms. The number of fused-ring (bicyclic) bond motifs is 4. The first kappa shape index (κ1) is 17.2. The van der Waals surface area contributed by atoms with Crippen LogP contribution in [0.25, 0.3) is 0 Å². The van der Waals surface area contributed by atoms with Crippen molar-refractivity contribution in [1.82, 2.24) is 14.4 Å². The number of hydrogen-bond donors (Lipinski definition) is 0. The summed E-state index contributed by atoms with van der Waals surface area (Å²) in [7, 11) is 3.64. The van der Waals surface area contributed by atoms with E-state index in [0.717, 1.165) is 44.0 Å². The molecule has 1 aromatic heterocycles. The first-order valence-corrected chi connectivity index (χ1v) is 9.41. The van der Waals surface area contributed by atoms with Gasteiger partial charge in [0.05, 0.1) is 7.11 Å². The highest BCUT2D eigenvalue weighted by atomic mass is 16.5. The second kappa shape index (κ2) is 7.16. The second-order valence-electron chi connectivity index (χ2n) is 7.60. The number of piperidine rings is 1. The van der Waals surface area contributed by atoms with Gasteiger partial charge >= 0.3 is 0 Å². The van der Waals surface area contributed by atoms with Crippen molar-refractivity contribution in [3.63, 3.8) is 0 Å². The third kappa shape index (κ3) is 3.36. The molecule has 0 saturated carbocycles. The van der Waals surface area contributed by atoms with Gasteiger partial charge < -0.3 is 14.2 Å². The van der Waals surface area contributed by atoms with Crippen LogP contribution in [0, 0.1) is 5.92 Å². The Morgan fingerprint density at radius 1 is 1.12 bits per heavy atom. The van der Waals surface area contributed by atoms with E-state index in [1.54, 1.807) is 7.11 Å². The van der Waals surface area contributed by atoms with E-state index in [4.69, 9.17) is 4.74 Å². The lowest BCUT2D eigenvalue weighted by Gasteiger charge is -2.36. The van der Waals surface area contributed by atoms with Gasteiger partial charge in [-0.2, -0.15) is 0 Å². The number of carbonyl (C=O) groups excluding carboxylic acids is 1. The van der Waals surface area contributed by atoms with Crippen molar-refractivity contribution in [2.24, 2.45) is 13.0 Å². The van der Waals surface area contributed by atoms with Crippen molar-refractivity contribution >= 4 is 5.91 Å². The zero-order valence-electron chi connectivity index (χ0n) is 15.6. The minimum atomic E-state index is 0.179. The summed E-state index contributed by atoms with van der Waals surface area (Å²) in [5.41, 5.74) is 2.09. The lowest BCUT2D eigenvalue weighted by molar-refractivity contribution is 0.0575. The molecule has 3 aliphatic rings. The van der Waals surface area contributed by atoms with Crippen LogP contribution in [-0.2, 0) is 13.6 Å². The smallest absolute Gasteiger partial charge is 0.270 e. The zero-order valence-corrected chi connectivity index (χ0v) is 15.6. The minimum Gasteiger partial charge on any atom is -0.497 e. The SMILES string of the molecule is COc1ccc(CN2C[C@@H]3CC[C@H](C2)N(C(=O)c2cccn2C)C3)cc1. The highest BCUT2D eigenvalue weighted by Gasteiger charge is 2.37. The van der Waals surface area contributed by atoms with Crippen molar-refractivity contribution in [3.8, 4) is 5.75 Å². The maximum atomic E-state index is 13.0. The van der Waals surface area contributed by atoms with E-state index in [9.17, 15) is 4.79 Å². The van der Waals surface area contributed by atoms with Gasteiger partial charge in [-0.25, -0.2) is 0 Å². The van der Waals surface area contributed by atoms with Gasteiger partial charge in [0.25, 0.3) is 5.91 Å². The van der Waals surface area contributed by atoms with E-state index in [0.29, 0.717) is 12.0 Å². The Kier molecular flexibility index (Phi) is 4.72. The lowest BCUT2D eigenvalue weighted by atomic mass is 9.94. The van der Waals surface area contributed by atoms with E-state index < -0.39 is 0 Å². The molecule has 0 N–H and O–H groups in total. The van der Waals surface area contributed by atoms with E-state index >= 15 is 0 Å². The van der Waals surface area contributed by atoms with Crippen LogP contribution in [0.3, 0.4) is 0 Å². The van der Waals surface area contributed by atoms with Gasteiger partial charge in [-0.15, -0.1) is 0 Å². The van der Waals surface area contributed by atoms with Crippen LogP contribution in [0.15, 0.2) is 42.6 Å². The Morgan fingerprint density at radius 3 is 2.62 bits per heavy atom. The van der Waals surface area contributed by atoms with E-state index in [2.05, 4.69) is 21.9 Å². The molecule has 3 saturated heterocycles. The summed E-state index contributed by atoms with van der Waals surface area (Å²) in [6, 6.07) is 12.5. The maximum Gasteiger partial charge on any atom is 0.270 e. The molecule has 4 heterocycles. The average molecular weight is 353 g/mol. The highest BCUT2D eigenvalue weighted by Crippen LogP contribution is 2.30. The molecule has 26 heavy (non-hydrogen) atoms. The predicted octanol–water partition coefficient (Wildman–Crippen LogP) is 2.77. The summed E-state index contributed by atoms with van der Waals surface area (Å²) in [5, 5.41) is 0. The van der Waals surface area contributed by atoms with Gasteiger partial charge in [0.1, 0.15) is 11.4 Å².